The maximum absolute atomic E-state index is 13.6. The van der Waals surface area contributed by atoms with E-state index < -0.39 is 0 Å². The molecular weight excluding hydrogens is 466 g/mol. The van der Waals surface area contributed by atoms with Gasteiger partial charge in [-0.1, -0.05) is 51.1 Å². The van der Waals surface area contributed by atoms with Gasteiger partial charge in [-0.3, -0.25) is 14.4 Å². The fourth-order valence-electron chi connectivity index (χ4n) is 4.71. The topological polar surface area (TPSA) is 80.4 Å². The molecule has 0 unspecified atom stereocenters. The number of para-hydroxylation sites is 1. The third-order valence-electron chi connectivity index (χ3n) is 6.88. The van der Waals surface area contributed by atoms with Gasteiger partial charge in [0.25, 0.3) is 17.4 Å². The molecule has 8 nitrogen and oxygen atoms in total. The minimum atomic E-state index is -0.264. The lowest BCUT2D eigenvalue weighted by atomic mass is 9.86. The van der Waals surface area contributed by atoms with Crippen LogP contribution in [0.25, 0.3) is 16.9 Å². The Kier molecular flexibility index (Phi) is 6.19. The number of carbonyl (C=O) groups is 2. The van der Waals surface area contributed by atoms with Crippen molar-refractivity contribution in [2.75, 3.05) is 26.2 Å². The molecule has 2 aromatic rings. The average Bonchev–Trinajstić information content (AvgIpc) is 3.23. The van der Waals surface area contributed by atoms with Crippen molar-refractivity contribution in [1.82, 2.24) is 24.1 Å². The highest BCUT2D eigenvalue weighted by Crippen LogP contribution is 2.25. The molecule has 0 aliphatic carbocycles. The molecule has 0 bridgehead atoms. The van der Waals surface area contributed by atoms with Crippen LogP contribution in [0, 0.1) is 0 Å². The predicted octanol–water partition coefficient (Wildman–Crippen LogP) is 3.57. The van der Waals surface area contributed by atoms with Crippen LogP contribution in [0.1, 0.15) is 47.1 Å². The van der Waals surface area contributed by atoms with Crippen LogP contribution < -0.4 is 5.56 Å². The Hall–Kier alpha value is -4.20. The summed E-state index contributed by atoms with van der Waals surface area (Å²) in [4.78, 5) is 43.2. The number of nitrogens with zero attached hydrogens (tertiary/aromatic N) is 5. The summed E-state index contributed by atoms with van der Waals surface area (Å²) in [7, 11) is 1.79. The molecule has 8 heteroatoms. The highest BCUT2D eigenvalue weighted by atomic mass is 16.2. The number of carbonyl (C=O) groups excluding carboxylic acids is 2. The Bertz CT molecular complexity index is 1470. The Balaban J connectivity index is 1.34. The van der Waals surface area contributed by atoms with Gasteiger partial charge in [0, 0.05) is 51.2 Å². The van der Waals surface area contributed by atoms with E-state index in [1.807, 2.05) is 54.6 Å². The predicted molar refractivity (Wildman–Crippen MR) is 142 cm³/mol. The third-order valence-corrected chi connectivity index (χ3v) is 6.88. The molecule has 1 saturated heterocycles. The highest BCUT2D eigenvalue weighted by molar-refractivity contribution is 6.00. The van der Waals surface area contributed by atoms with E-state index in [1.165, 1.54) is 10.2 Å². The molecule has 3 aliphatic heterocycles. The van der Waals surface area contributed by atoms with Gasteiger partial charge in [-0.15, -0.1) is 0 Å². The largest absolute Gasteiger partial charge is 0.356 e. The smallest absolute Gasteiger partial charge is 0.282 e. The lowest BCUT2D eigenvalue weighted by Crippen LogP contribution is -2.50. The summed E-state index contributed by atoms with van der Waals surface area (Å²) in [5, 5.41) is 4.53. The number of aryl methyl sites for hydroxylation is 1. The fraction of sp³-hybridized carbons (Fsp3) is 0.310. The number of hydrogen-bond acceptors (Lipinski definition) is 4. The number of aromatic nitrogens is 3. The second-order valence-electron chi connectivity index (χ2n) is 10.6. The summed E-state index contributed by atoms with van der Waals surface area (Å²) in [6, 6.07) is 16.9. The van der Waals surface area contributed by atoms with Gasteiger partial charge in [-0.05, 0) is 35.2 Å². The van der Waals surface area contributed by atoms with E-state index in [4.69, 9.17) is 0 Å². The van der Waals surface area contributed by atoms with Crippen LogP contribution in [0.5, 0.6) is 0 Å². The molecule has 3 heterocycles. The van der Waals surface area contributed by atoms with Crippen molar-refractivity contribution in [3.63, 3.8) is 0 Å². The average molecular weight is 498 g/mol. The number of pyridine rings is 1. The Morgan fingerprint density at radius 2 is 1.41 bits per heavy atom. The molecule has 0 spiro atoms. The maximum Gasteiger partial charge on any atom is 0.282 e. The van der Waals surface area contributed by atoms with Crippen molar-refractivity contribution in [2.24, 2.45) is 7.05 Å². The van der Waals surface area contributed by atoms with Crippen LogP contribution in [0.2, 0.25) is 0 Å². The fourth-order valence-corrected chi connectivity index (χ4v) is 4.71. The summed E-state index contributed by atoms with van der Waals surface area (Å²) in [5.74, 6) is -0.223. The molecule has 2 amide bonds. The number of fused-ring (bicyclic) bond motifs is 1. The zero-order valence-electron chi connectivity index (χ0n) is 21.6. The molecule has 0 aromatic heterocycles. The molecule has 2 aromatic carbocycles. The number of rotatable bonds is 3. The molecule has 1 fully saturated rings. The second-order valence-corrected chi connectivity index (χ2v) is 10.6. The first kappa shape index (κ1) is 24.5. The first-order chi connectivity index (χ1) is 17.6. The Morgan fingerprint density at radius 3 is 2.00 bits per heavy atom. The molecule has 190 valence electrons. The van der Waals surface area contributed by atoms with Gasteiger partial charge in [0.2, 0.25) is 0 Å². The van der Waals surface area contributed by atoms with Gasteiger partial charge in [0.15, 0.2) is 0 Å². The zero-order chi connectivity index (χ0) is 26.3. The van der Waals surface area contributed by atoms with Crippen LogP contribution in [0.15, 0.2) is 71.8 Å². The van der Waals surface area contributed by atoms with Crippen molar-refractivity contribution in [3.05, 3.63) is 94.0 Å². The van der Waals surface area contributed by atoms with E-state index in [0.717, 1.165) is 0 Å². The van der Waals surface area contributed by atoms with Gasteiger partial charge in [0.1, 0.15) is 5.69 Å². The summed E-state index contributed by atoms with van der Waals surface area (Å²) in [5.41, 5.74) is 3.39. The standard InChI is InChI=1S/C29H31N5O3/c1-29(2,3)21-12-10-20(11-13-21)26(35)32-14-16-33(17-15-32)27(36)23-18-31(4)19-24-25(23)30-34(28(24)37)22-8-6-5-7-9-22/h5-13,18-19H,14-17H2,1-4H3. The van der Waals surface area contributed by atoms with Gasteiger partial charge in [0.05, 0.1) is 16.8 Å². The first-order valence-corrected chi connectivity index (χ1v) is 12.5. The second kappa shape index (κ2) is 9.35. The third kappa shape index (κ3) is 4.67. The first-order valence-electron chi connectivity index (χ1n) is 12.5. The van der Waals surface area contributed by atoms with Crippen LogP contribution in [-0.4, -0.2) is 62.1 Å². The number of amides is 2. The van der Waals surface area contributed by atoms with Crippen LogP contribution in [-0.2, 0) is 12.5 Å². The van der Waals surface area contributed by atoms with Crippen molar-refractivity contribution in [2.45, 2.75) is 26.2 Å². The van der Waals surface area contributed by atoms with Crippen LogP contribution >= 0.6 is 0 Å². The van der Waals surface area contributed by atoms with Crippen molar-refractivity contribution >= 4 is 11.8 Å². The summed E-state index contributed by atoms with van der Waals surface area (Å²) < 4.78 is 3.05. The normalized spacial score (nSPS) is 14.3. The van der Waals surface area contributed by atoms with E-state index in [9.17, 15) is 14.4 Å². The summed E-state index contributed by atoms with van der Waals surface area (Å²) >= 11 is 0. The van der Waals surface area contributed by atoms with Crippen LogP contribution in [0.4, 0.5) is 0 Å². The van der Waals surface area contributed by atoms with E-state index >= 15 is 0 Å². The van der Waals surface area contributed by atoms with Gasteiger partial charge in [-0.25, -0.2) is 0 Å². The zero-order valence-corrected chi connectivity index (χ0v) is 21.6. The summed E-state index contributed by atoms with van der Waals surface area (Å²) in [6.07, 6.45) is 3.41. The van der Waals surface area contributed by atoms with Crippen molar-refractivity contribution < 1.29 is 9.59 Å². The highest BCUT2D eigenvalue weighted by Gasteiger charge is 2.30. The number of piperazine rings is 1. The molecule has 0 saturated carbocycles. The minimum absolute atomic E-state index is 0.0246. The minimum Gasteiger partial charge on any atom is -0.356 e. The summed E-state index contributed by atoms with van der Waals surface area (Å²) in [6.45, 7) is 8.14. The Labute approximate surface area is 216 Å². The maximum atomic E-state index is 13.6. The molecule has 5 rings (SSSR count). The van der Waals surface area contributed by atoms with E-state index in [0.29, 0.717) is 54.3 Å². The van der Waals surface area contributed by atoms with E-state index in [1.54, 1.807) is 33.8 Å². The van der Waals surface area contributed by atoms with Crippen molar-refractivity contribution in [1.29, 1.82) is 0 Å². The van der Waals surface area contributed by atoms with Gasteiger partial charge in [-0.2, -0.15) is 9.78 Å². The molecule has 0 atom stereocenters. The molecular formula is C29H31N5O3. The quantitative estimate of drug-likeness (QED) is 0.433. The van der Waals surface area contributed by atoms with E-state index in [-0.39, 0.29) is 22.8 Å². The van der Waals surface area contributed by atoms with Crippen molar-refractivity contribution in [3.8, 4) is 16.9 Å². The molecule has 37 heavy (non-hydrogen) atoms. The van der Waals surface area contributed by atoms with Gasteiger partial charge >= 0.3 is 0 Å². The lowest BCUT2D eigenvalue weighted by molar-refractivity contribution is 0.0535. The van der Waals surface area contributed by atoms with E-state index in [2.05, 4.69) is 25.9 Å². The molecule has 0 radical (unpaired) electrons. The molecule has 3 aliphatic rings. The number of hydrogen-bond donors (Lipinski definition) is 0. The number of benzene rings is 2. The van der Waals surface area contributed by atoms with Crippen LogP contribution in [0.3, 0.4) is 0 Å². The lowest BCUT2D eigenvalue weighted by Gasteiger charge is -2.35. The molecule has 0 N–H and O–H groups in total. The monoisotopic (exact) mass is 497 g/mol. The Morgan fingerprint density at radius 1 is 0.811 bits per heavy atom. The SMILES string of the molecule is Cn1cc(C(=O)N2CCN(C(=O)c3ccc(C(C)(C)C)cc3)CC2)c2nn(-c3ccccc3)c(=O)c-2c1. The van der Waals surface area contributed by atoms with Gasteiger partial charge < -0.3 is 14.4 Å².